The summed E-state index contributed by atoms with van der Waals surface area (Å²) < 4.78 is 28.9. The molecule has 1 saturated carbocycles. The highest BCUT2D eigenvalue weighted by Gasteiger charge is 2.29. The minimum atomic E-state index is -2.75. The molecule has 1 nitrogen and oxygen atoms in total. The van der Waals surface area contributed by atoms with Gasteiger partial charge >= 0.3 is 6.61 Å². The summed E-state index contributed by atoms with van der Waals surface area (Å²) in [5.41, 5.74) is 2.91. The summed E-state index contributed by atoms with van der Waals surface area (Å²) in [6.07, 6.45) is 12.7. The molecule has 1 aromatic carbocycles. The predicted octanol–water partition coefficient (Wildman–Crippen LogP) is 6.70. The first-order chi connectivity index (χ1) is 11.7. The average molecular weight is 334 g/mol. The van der Waals surface area contributed by atoms with Crippen LogP contribution in [0.1, 0.15) is 69.8 Å². The number of hydrogen-bond donors (Lipinski definition) is 0. The molecule has 0 N–H and O–H groups in total. The Hall–Kier alpha value is -1.38. The van der Waals surface area contributed by atoms with Crippen LogP contribution in [0.5, 0.6) is 5.75 Å². The molecule has 0 aliphatic heterocycles. The van der Waals surface area contributed by atoms with Gasteiger partial charge in [-0.15, -0.1) is 0 Å². The molecule has 0 heterocycles. The van der Waals surface area contributed by atoms with E-state index >= 15 is 0 Å². The number of hydrogen-bond acceptors (Lipinski definition) is 1. The van der Waals surface area contributed by atoms with Crippen molar-refractivity contribution >= 4 is 0 Å². The first-order valence-electron chi connectivity index (χ1n) is 9.38. The fourth-order valence-electron chi connectivity index (χ4n) is 4.50. The predicted molar refractivity (Wildman–Crippen MR) is 93.5 cm³/mol. The third-order valence-electron chi connectivity index (χ3n) is 6.01. The first kappa shape index (κ1) is 17.4. The van der Waals surface area contributed by atoms with E-state index in [1.807, 2.05) is 12.1 Å². The molecule has 0 amide bonds. The summed E-state index contributed by atoms with van der Waals surface area (Å²) in [5.74, 6) is 2.58. The fraction of sp³-hybridized carbons (Fsp3) is 0.619. The Balaban J connectivity index is 1.51. The minimum absolute atomic E-state index is 0.253. The van der Waals surface area contributed by atoms with Gasteiger partial charge in [-0.05, 0) is 86.8 Å². The van der Waals surface area contributed by atoms with Crippen molar-refractivity contribution in [3.8, 4) is 5.75 Å². The van der Waals surface area contributed by atoms with Gasteiger partial charge in [0, 0.05) is 0 Å². The van der Waals surface area contributed by atoms with E-state index in [4.69, 9.17) is 0 Å². The molecular formula is C21H28F2O. The molecule has 24 heavy (non-hydrogen) atoms. The van der Waals surface area contributed by atoms with Crippen LogP contribution in [0.2, 0.25) is 0 Å². The Labute approximate surface area is 144 Å². The van der Waals surface area contributed by atoms with Gasteiger partial charge in [-0.25, -0.2) is 0 Å². The van der Waals surface area contributed by atoms with Crippen LogP contribution in [-0.4, -0.2) is 6.61 Å². The van der Waals surface area contributed by atoms with Crippen molar-refractivity contribution in [2.24, 2.45) is 11.8 Å². The van der Waals surface area contributed by atoms with Crippen LogP contribution < -0.4 is 4.74 Å². The van der Waals surface area contributed by atoms with E-state index in [-0.39, 0.29) is 5.75 Å². The topological polar surface area (TPSA) is 9.23 Å². The van der Waals surface area contributed by atoms with Crippen molar-refractivity contribution in [2.75, 3.05) is 0 Å². The van der Waals surface area contributed by atoms with Crippen LogP contribution in [0.3, 0.4) is 0 Å². The van der Waals surface area contributed by atoms with Crippen molar-refractivity contribution in [2.45, 2.75) is 70.8 Å². The van der Waals surface area contributed by atoms with Gasteiger partial charge in [0.25, 0.3) is 0 Å². The quantitative estimate of drug-likeness (QED) is 0.544. The SMILES string of the molecule is CCC1=CCC([C@H]2CC[C@H](c3ccc(OC(F)F)cc3)CC2)CC1. The number of alkyl halides is 2. The Morgan fingerprint density at radius 1 is 1.00 bits per heavy atom. The lowest BCUT2D eigenvalue weighted by molar-refractivity contribution is -0.0498. The highest BCUT2D eigenvalue weighted by molar-refractivity contribution is 5.29. The van der Waals surface area contributed by atoms with E-state index in [2.05, 4.69) is 17.7 Å². The van der Waals surface area contributed by atoms with Gasteiger partial charge < -0.3 is 4.74 Å². The highest BCUT2D eigenvalue weighted by Crippen LogP contribution is 2.43. The molecule has 1 aromatic rings. The van der Waals surface area contributed by atoms with E-state index in [9.17, 15) is 8.78 Å². The molecule has 0 saturated heterocycles. The third-order valence-corrected chi connectivity index (χ3v) is 6.01. The lowest BCUT2D eigenvalue weighted by Gasteiger charge is -2.35. The summed E-state index contributed by atoms with van der Waals surface area (Å²) in [5, 5.41) is 0. The monoisotopic (exact) mass is 334 g/mol. The molecule has 2 aliphatic rings. The van der Waals surface area contributed by atoms with Crippen LogP contribution in [0.4, 0.5) is 8.78 Å². The first-order valence-corrected chi connectivity index (χ1v) is 9.38. The van der Waals surface area contributed by atoms with E-state index in [1.54, 1.807) is 17.7 Å². The molecule has 3 rings (SSSR count). The molecule has 0 bridgehead atoms. The molecule has 132 valence electrons. The zero-order valence-corrected chi connectivity index (χ0v) is 14.5. The van der Waals surface area contributed by atoms with E-state index in [1.165, 1.54) is 56.9 Å². The number of ether oxygens (including phenoxy) is 1. The zero-order valence-electron chi connectivity index (χ0n) is 14.5. The number of halogens is 2. The molecule has 0 aromatic heterocycles. The van der Waals surface area contributed by atoms with Gasteiger partial charge in [-0.2, -0.15) is 8.78 Å². The normalized spacial score (nSPS) is 27.8. The third kappa shape index (κ3) is 4.37. The van der Waals surface area contributed by atoms with Gasteiger partial charge in [-0.3, -0.25) is 0 Å². The Morgan fingerprint density at radius 2 is 1.71 bits per heavy atom. The largest absolute Gasteiger partial charge is 0.435 e. The molecule has 0 spiro atoms. The van der Waals surface area contributed by atoms with Gasteiger partial charge in [-0.1, -0.05) is 30.7 Å². The number of benzene rings is 1. The Bertz CT molecular complexity index is 541. The van der Waals surface area contributed by atoms with Crippen molar-refractivity contribution in [3.05, 3.63) is 41.5 Å². The molecule has 3 heteroatoms. The summed E-state index contributed by atoms with van der Waals surface area (Å²) >= 11 is 0. The second-order valence-electron chi connectivity index (χ2n) is 7.31. The average Bonchev–Trinajstić information content (AvgIpc) is 2.62. The minimum Gasteiger partial charge on any atom is -0.435 e. The van der Waals surface area contributed by atoms with Crippen molar-refractivity contribution in [1.29, 1.82) is 0 Å². The molecule has 1 unspecified atom stereocenters. The summed E-state index contributed by atoms with van der Waals surface area (Å²) in [4.78, 5) is 0. The molecule has 2 aliphatic carbocycles. The lowest BCUT2D eigenvalue weighted by Crippen LogP contribution is -2.22. The maximum absolute atomic E-state index is 12.2. The second kappa shape index (κ2) is 8.13. The Morgan fingerprint density at radius 3 is 2.25 bits per heavy atom. The second-order valence-corrected chi connectivity index (χ2v) is 7.31. The van der Waals surface area contributed by atoms with E-state index < -0.39 is 6.61 Å². The number of rotatable bonds is 5. The van der Waals surface area contributed by atoms with Crippen LogP contribution in [0.15, 0.2) is 35.9 Å². The molecule has 1 fully saturated rings. The van der Waals surface area contributed by atoms with Crippen molar-refractivity contribution < 1.29 is 13.5 Å². The fourth-order valence-corrected chi connectivity index (χ4v) is 4.50. The lowest BCUT2D eigenvalue weighted by atomic mass is 9.70. The van der Waals surface area contributed by atoms with Gasteiger partial charge in [0.15, 0.2) is 0 Å². The molecular weight excluding hydrogens is 306 g/mol. The molecule has 0 radical (unpaired) electrons. The number of allylic oxidation sites excluding steroid dienone is 2. The van der Waals surface area contributed by atoms with E-state index in [0.29, 0.717) is 5.92 Å². The van der Waals surface area contributed by atoms with E-state index in [0.717, 1.165) is 11.8 Å². The summed E-state index contributed by atoms with van der Waals surface area (Å²) in [6, 6.07) is 7.26. The summed E-state index contributed by atoms with van der Waals surface area (Å²) in [7, 11) is 0. The Kier molecular flexibility index (Phi) is 5.91. The molecule has 1 atom stereocenters. The maximum Gasteiger partial charge on any atom is 0.387 e. The maximum atomic E-state index is 12.2. The van der Waals surface area contributed by atoms with Crippen LogP contribution in [0.25, 0.3) is 0 Å². The van der Waals surface area contributed by atoms with Gasteiger partial charge in [0.1, 0.15) is 5.75 Å². The highest BCUT2D eigenvalue weighted by atomic mass is 19.3. The van der Waals surface area contributed by atoms with Crippen molar-refractivity contribution in [1.82, 2.24) is 0 Å². The smallest absolute Gasteiger partial charge is 0.387 e. The van der Waals surface area contributed by atoms with Gasteiger partial charge in [0.05, 0.1) is 0 Å². The van der Waals surface area contributed by atoms with Crippen LogP contribution in [-0.2, 0) is 0 Å². The van der Waals surface area contributed by atoms with Crippen LogP contribution in [0, 0.1) is 11.8 Å². The summed E-state index contributed by atoms with van der Waals surface area (Å²) in [6.45, 7) is -0.487. The van der Waals surface area contributed by atoms with Crippen LogP contribution >= 0.6 is 0 Å². The standard InChI is InChI=1S/C21H28F2O/c1-2-15-3-5-16(6-4-15)17-7-9-18(10-8-17)19-11-13-20(14-12-19)24-21(22)23/h3,11-14,16-18,21H,2,4-10H2,1H3/t16?,17-,18-. The zero-order chi connectivity index (χ0) is 16.9. The van der Waals surface area contributed by atoms with Gasteiger partial charge in [0.2, 0.25) is 0 Å². The van der Waals surface area contributed by atoms with Crippen molar-refractivity contribution in [3.63, 3.8) is 0 Å².